The number of carbonyl (C=O) groups is 1. The van der Waals surface area contributed by atoms with E-state index in [1.807, 2.05) is 16.9 Å². The van der Waals surface area contributed by atoms with Crippen molar-refractivity contribution in [2.75, 3.05) is 13.1 Å². The van der Waals surface area contributed by atoms with E-state index in [-0.39, 0.29) is 5.91 Å². The van der Waals surface area contributed by atoms with Crippen LogP contribution in [0.5, 0.6) is 0 Å². The van der Waals surface area contributed by atoms with Gasteiger partial charge >= 0.3 is 0 Å². The lowest BCUT2D eigenvalue weighted by Gasteiger charge is -2.23. The highest BCUT2D eigenvalue weighted by Gasteiger charge is 2.26. The number of amides is 1. The molecule has 1 amide bonds. The highest BCUT2D eigenvalue weighted by molar-refractivity contribution is 7.11. The maximum Gasteiger partial charge on any atom is 0.234 e. The molecule has 1 saturated heterocycles. The number of carbonyl (C=O) groups excluding carboxylic acids is 1. The van der Waals surface area contributed by atoms with Crippen LogP contribution in [0.3, 0.4) is 0 Å². The Hall–Kier alpha value is -1.66. The first-order valence-corrected chi connectivity index (χ1v) is 8.56. The van der Waals surface area contributed by atoms with Gasteiger partial charge in [-0.05, 0) is 44.5 Å². The zero-order valence-electron chi connectivity index (χ0n) is 12.9. The van der Waals surface area contributed by atoms with Crippen LogP contribution in [-0.4, -0.2) is 39.7 Å². The summed E-state index contributed by atoms with van der Waals surface area (Å²) in [5.74, 6) is 0.110. The highest BCUT2D eigenvalue weighted by Crippen LogP contribution is 2.18. The molecule has 0 radical (unpaired) electrons. The van der Waals surface area contributed by atoms with Crippen LogP contribution in [0.25, 0.3) is 0 Å². The van der Waals surface area contributed by atoms with Gasteiger partial charge < -0.3 is 5.32 Å². The third-order valence-electron chi connectivity index (χ3n) is 4.06. The molecule has 2 aromatic heterocycles. The van der Waals surface area contributed by atoms with Crippen molar-refractivity contribution >= 4 is 17.2 Å². The Bertz CT molecular complexity index is 607. The van der Waals surface area contributed by atoms with Crippen molar-refractivity contribution in [1.29, 1.82) is 0 Å². The quantitative estimate of drug-likeness (QED) is 0.887. The second-order valence-electron chi connectivity index (χ2n) is 5.78. The van der Waals surface area contributed by atoms with Crippen LogP contribution in [0, 0.1) is 6.92 Å². The van der Waals surface area contributed by atoms with Crippen molar-refractivity contribution < 1.29 is 4.79 Å². The van der Waals surface area contributed by atoms with Crippen molar-refractivity contribution in [3.8, 4) is 0 Å². The van der Waals surface area contributed by atoms with Crippen LogP contribution >= 0.6 is 11.3 Å². The molecular formula is C16H22N4OS. The molecule has 0 spiro atoms. The molecular weight excluding hydrogens is 296 g/mol. The van der Waals surface area contributed by atoms with Crippen LogP contribution < -0.4 is 5.32 Å². The SMILES string of the molecule is Cc1ccc(CNC(=O)CN2CCC[C@H]2Cn2cccn2)s1. The van der Waals surface area contributed by atoms with Gasteiger partial charge in [0.15, 0.2) is 0 Å². The largest absolute Gasteiger partial charge is 0.350 e. The number of aryl methyl sites for hydroxylation is 1. The molecule has 0 bridgehead atoms. The topological polar surface area (TPSA) is 50.2 Å². The maximum atomic E-state index is 12.2. The van der Waals surface area contributed by atoms with Crippen LogP contribution in [0.4, 0.5) is 0 Å². The summed E-state index contributed by atoms with van der Waals surface area (Å²) >= 11 is 1.74. The average molecular weight is 318 g/mol. The third-order valence-corrected chi connectivity index (χ3v) is 5.06. The minimum atomic E-state index is 0.110. The first-order valence-electron chi connectivity index (χ1n) is 7.74. The summed E-state index contributed by atoms with van der Waals surface area (Å²) < 4.78 is 1.95. The van der Waals surface area contributed by atoms with E-state index in [0.29, 0.717) is 19.1 Å². The molecule has 1 aliphatic rings. The first-order chi connectivity index (χ1) is 10.7. The molecule has 2 aromatic rings. The molecule has 6 heteroatoms. The fourth-order valence-corrected chi connectivity index (χ4v) is 3.77. The summed E-state index contributed by atoms with van der Waals surface area (Å²) in [6, 6.07) is 6.52. The van der Waals surface area contributed by atoms with Gasteiger partial charge in [0.05, 0.1) is 19.6 Å². The molecule has 0 aromatic carbocycles. The summed E-state index contributed by atoms with van der Waals surface area (Å²) in [6.45, 7) is 5.06. The van der Waals surface area contributed by atoms with Gasteiger partial charge in [-0.1, -0.05) is 0 Å². The number of hydrogen-bond donors (Lipinski definition) is 1. The van der Waals surface area contributed by atoms with Crippen molar-refractivity contribution in [2.24, 2.45) is 0 Å². The minimum Gasteiger partial charge on any atom is -0.350 e. The van der Waals surface area contributed by atoms with E-state index < -0.39 is 0 Å². The predicted octanol–water partition coefficient (Wildman–Crippen LogP) is 2.03. The molecule has 1 atom stereocenters. The van der Waals surface area contributed by atoms with Gasteiger partial charge in [0.25, 0.3) is 0 Å². The van der Waals surface area contributed by atoms with E-state index in [1.165, 1.54) is 9.75 Å². The standard InChI is InChI=1S/C16H22N4OS/c1-13-5-6-15(22-13)10-17-16(21)12-19-8-2-4-14(19)11-20-9-3-7-18-20/h3,5-7,9,14H,2,4,8,10-12H2,1H3,(H,17,21)/t14-/m0/s1. The smallest absolute Gasteiger partial charge is 0.234 e. The molecule has 3 rings (SSSR count). The molecule has 0 unspecified atom stereocenters. The molecule has 0 saturated carbocycles. The van der Waals surface area contributed by atoms with Crippen LogP contribution in [0.1, 0.15) is 22.6 Å². The fraction of sp³-hybridized carbons (Fsp3) is 0.500. The first kappa shape index (κ1) is 15.2. The second-order valence-corrected chi connectivity index (χ2v) is 7.16. The fourth-order valence-electron chi connectivity index (χ4n) is 2.94. The van der Waals surface area contributed by atoms with E-state index in [1.54, 1.807) is 17.5 Å². The van der Waals surface area contributed by atoms with Crippen molar-refractivity contribution in [2.45, 2.75) is 38.9 Å². The monoisotopic (exact) mass is 318 g/mol. The number of nitrogens with zero attached hydrogens (tertiary/aromatic N) is 3. The number of hydrogen-bond acceptors (Lipinski definition) is 4. The Kier molecular flexibility index (Phi) is 4.90. The second kappa shape index (κ2) is 7.07. The van der Waals surface area contributed by atoms with Crippen molar-refractivity contribution in [1.82, 2.24) is 20.0 Å². The van der Waals surface area contributed by atoms with Crippen molar-refractivity contribution in [3.63, 3.8) is 0 Å². The summed E-state index contributed by atoms with van der Waals surface area (Å²) in [4.78, 5) is 16.9. The van der Waals surface area contributed by atoms with E-state index in [9.17, 15) is 4.79 Å². The Balaban J connectivity index is 1.47. The number of thiophene rings is 1. The van der Waals surface area contributed by atoms with E-state index >= 15 is 0 Å². The van der Waals surface area contributed by atoms with Crippen LogP contribution in [0.2, 0.25) is 0 Å². The normalized spacial score (nSPS) is 18.7. The molecule has 1 fully saturated rings. The lowest BCUT2D eigenvalue weighted by Crippen LogP contribution is -2.41. The zero-order chi connectivity index (χ0) is 15.4. The van der Waals surface area contributed by atoms with Gasteiger partial charge in [0, 0.05) is 28.2 Å². The number of likely N-dealkylation sites (tertiary alicyclic amines) is 1. The Morgan fingerprint density at radius 2 is 2.41 bits per heavy atom. The maximum absolute atomic E-state index is 12.2. The average Bonchev–Trinajstić information content (AvgIpc) is 3.22. The summed E-state index contributed by atoms with van der Waals surface area (Å²) in [7, 11) is 0. The van der Waals surface area contributed by atoms with Gasteiger partial charge in [-0.25, -0.2) is 0 Å². The van der Waals surface area contributed by atoms with Gasteiger partial charge in [0.1, 0.15) is 0 Å². The lowest BCUT2D eigenvalue weighted by molar-refractivity contribution is -0.122. The van der Waals surface area contributed by atoms with Gasteiger partial charge in [-0.2, -0.15) is 5.10 Å². The number of nitrogens with one attached hydrogen (secondary N) is 1. The van der Waals surface area contributed by atoms with Gasteiger partial charge in [-0.3, -0.25) is 14.4 Å². The van der Waals surface area contributed by atoms with Gasteiger partial charge in [-0.15, -0.1) is 11.3 Å². The molecule has 3 heterocycles. The van der Waals surface area contributed by atoms with Crippen LogP contribution in [-0.2, 0) is 17.9 Å². The highest BCUT2D eigenvalue weighted by atomic mass is 32.1. The summed E-state index contributed by atoms with van der Waals surface area (Å²) in [6.07, 6.45) is 6.07. The molecule has 118 valence electrons. The molecule has 22 heavy (non-hydrogen) atoms. The van der Waals surface area contributed by atoms with E-state index in [4.69, 9.17) is 0 Å². The predicted molar refractivity (Wildman–Crippen MR) is 87.7 cm³/mol. The number of rotatable bonds is 6. The lowest BCUT2D eigenvalue weighted by atomic mass is 10.2. The zero-order valence-corrected chi connectivity index (χ0v) is 13.7. The Labute approximate surface area is 134 Å². The Morgan fingerprint density at radius 1 is 1.50 bits per heavy atom. The van der Waals surface area contributed by atoms with E-state index in [2.05, 4.69) is 34.4 Å². The van der Waals surface area contributed by atoms with Crippen LogP contribution in [0.15, 0.2) is 30.6 Å². The van der Waals surface area contributed by atoms with Crippen molar-refractivity contribution in [3.05, 3.63) is 40.3 Å². The summed E-state index contributed by atoms with van der Waals surface area (Å²) in [5, 5.41) is 7.29. The third kappa shape index (κ3) is 3.96. The number of aromatic nitrogens is 2. The van der Waals surface area contributed by atoms with Gasteiger partial charge in [0.2, 0.25) is 5.91 Å². The van der Waals surface area contributed by atoms with E-state index in [0.717, 1.165) is 25.9 Å². The molecule has 1 aliphatic heterocycles. The Morgan fingerprint density at radius 3 is 3.14 bits per heavy atom. The summed E-state index contributed by atoms with van der Waals surface area (Å²) in [5.41, 5.74) is 0. The molecule has 0 aliphatic carbocycles. The molecule has 1 N–H and O–H groups in total. The molecule has 5 nitrogen and oxygen atoms in total. The minimum absolute atomic E-state index is 0.110.